The Morgan fingerprint density at radius 2 is 1.80 bits per heavy atom. The number of fused-ring (bicyclic) bond motifs is 1. The van der Waals surface area contributed by atoms with E-state index in [1.54, 1.807) is 0 Å². The predicted molar refractivity (Wildman–Crippen MR) is 83.6 cm³/mol. The van der Waals surface area contributed by atoms with Crippen molar-refractivity contribution in [3.8, 4) is 5.69 Å². The Bertz CT molecular complexity index is 808. The maximum absolute atomic E-state index is 6.27. The third kappa shape index (κ3) is 1.86. The number of nitrogens with zero attached hydrogens (tertiary/aromatic N) is 3. The van der Waals surface area contributed by atoms with Crippen LogP contribution in [-0.4, -0.2) is 14.8 Å². The van der Waals surface area contributed by atoms with Gasteiger partial charge in [-0.05, 0) is 42.0 Å². The van der Waals surface area contributed by atoms with Crippen molar-refractivity contribution in [2.24, 2.45) is 0 Å². The second-order valence-electron chi connectivity index (χ2n) is 5.05. The number of hydrogen-bond donors (Lipinski definition) is 0. The summed E-state index contributed by atoms with van der Waals surface area (Å²) >= 11 is 9.87. The summed E-state index contributed by atoms with van der Waals surface area (Å²) in [6.07, 6.45) is 2.34. The lowest BCUT2D eigenvalue weighted by atomic mass is 10.1. The van der Waals surface area contributed by atoms with Crippen molar-refractivity contribution in [2.45, 2.75) is 18.8 Å². The topological polar surface area (TPSA) is 30.7 Å². The van der Waals surface area contributed by atoms with E-state index in [-0.39, 0.29) is 0 Å². The van der Waals surface area contributed by atoms with Gasteiger partial charge in [0, 0.05) is 15.8 Å². The first kappa shape index (κ1) is 12.4. The summed E-state index contributed by atoms with van der Waals surface area (Å²) in [7, 11) is 0. The highest BCUT2D eigenvalue weighted by Gasteiger charge is 2.31. The van der Waals surface area contributed by atoms with Crippen LogP contribution in [0.1, 0.15) is 24.6 Å². The van der Waals surface area contributed by atoms with Gasteiger partial charge in [-0.3, -0.25) is 4.57 Å². The molecule has 1 saturated carbocycles. The van der Waals surface area contributed by atoms with Gasteiger partial charge in [0.1, 0.15) is 5.82 Å². The largest absolute Gasteiger partial charge is 0.269 e. The minimum Gasteiger partial charge on any atom is -0.269 e. The van der Waals surface area contributed by atoms with Crippen LogP contribution >= 0.6 is 27.5 Å². The Morgan fingerprint density at radius 1 is 1.05 bits per heavy atom. The van der Waals surface area contributed by atoms with E-state index in [1.165, 1.54) is 12.8 Å². The molecule has 0 N–H and O–H groups in total. The van der Waals surface area contributed by atoms with E-state index in [1.807, 2.05) is 22.8 Å². The van der Waals surface area contributed by atoms with Crippen molar-refractivity contribution in [1.82, 2.24) is 14.8 Å². The predicted octanol–water partition coefficient (Wildman–Crippen LogP) is 4.71. The Kier molecular flexibility index (Phi) is 2.82. The summed E-state index contributed by atoms with van der Waals surface area (Å²) in [5.41, 5.74) is 1.04. The lowest BCUT2D eigenvalue weighted by Gasteiger charge is -2.11. The molecule has 3 aromatic rings. The molecule has 0 spiro atoms. The number of hydrogen-bond acceptors (Lipinski definition) is 2. The van der Waals surface area contributed by atoms with Gasteiger partial charge in [-0.2, -0.15) is 0 Å². The molecule has 100 valence electrons. The minimum absolute atomic E-state index is 0.430. The van der Waals surface area contributed by atoms with Crippen molar-refractivity contribution >= 4 is 38.3 Å². The molecule has 4 rings (SSSR count). The lowest BCUT2D eigenvalue weighted by Crippen LogP contribution is -2.01. The number of rotatable bonds is 2. The smallest absolute Gasteiger partial charge is 0.229 e. The Hall–Kier alpha value is -1.39. The quantitative estimate of drug-likeness (QED) is 0.671. The average molecular weight is 349 g/mol. The van der Waals surface area contributed by atoms with Crippen molar-refractivity contribution in [3.05, 3.63) is 52.0 Å². The van der Waals surface area contributed by atoms with E-state index in [2.05, 4.69) is 44.3 Å². The fourth-order valence-electron chi connectivity index (χ4n) is 2.55. The highest BCUT2D eigenvalue weighted by atomic mass is 79.9. The maximum Gasteiger partial charge on any atom is 0.229 e. The van der Waals surface area contributed by atoms with Gasteiger partial charge in [0.2, 0.25) is 5.28 Å². The summed E-state index contributed by atoms with van der Waals surface area (Å²) in [6.45, 7) is 0. The number of benzene rings is 2. The summed E-state index contributed by atoms with van der Waals surface area (Å²) in [4.78, 5) is 0. The van der Waals surface area contributed by atoms with Crippen molar-refractivity contribution in [3.63, 3.8) is 0 Å². The molecule has 1 aliphatic rings. The van der Waals surface area contributed by atoms with Crippen molar-refractivity contribution < 1.29 is 0 Å². The fraction of sp³-hybridized carbons (Fsp3) is 0.200. The molecule has 1 aromatic heterocycles. The summed E-state index contributed by atoms with van der Waals surface area (Å²) in [5, 5.41) is 11.0. The molecule has 2 aromatic carbocycles. The number of aromatic nitrogens is 3. The Labute approximate surface area is 129 Å². The molecular weight excluding hydrogens is 338 g/mol. The molecule has 1 heterocycles. The van der Waals surface area contributed by atoms with Crippen molar-refractivity contribution in [1.29, 1.82) is 0 Å². The third-order valence-electron chi connectivity index (χ3n) is 3.68. The first-order chi connectivity index (χ1) is 9.75. The van der Waals surface area contributed by atoms with Crippen molar-refractivity contribution in [2.75, 3.05) is 0 Å². The molecular formula is C15H11BrClN3. The van der Waals surface area contributed by atoms with Gasteiger partial charge >= 0.3 is 0 Å². The summed E-state index contributed by atoms with van der Waals surface area (Å²) in [6, 6.07) is 12.4. The van der Waals surface area contributed by atoms with Gasteiger partial charge in [0.15, 0.2) is 0 Å². The lowest BCUT2D eigenvalue weighted by molar-refractivity contribution is 0.875. The third-order valence-corrected chi connectivity index (χ3v) is 4.62. The molecule has 1 fully saturated rings. The molecule has 0 atom stereocenters. The highest BCUT2D eigenvalue weighted by Crippen LogP contribution is 2.41. The van der Waals surface area contributed by atoms with Crippen LogP contribution in [0.4, 0.5) is 0 Å². The normalized spacial score (nSPS) is 14.9. The fourth-order valence-corrected chi connectivity index (χ4v) is 3.24. The first-order valence-electron chi connectivity index (χ1n) is 6.54. The second-order valence-corrected chi connectivity index (χ2v) is 6.24. The zero-order valence-corrected chi connectivity index (χ0v) is 12.9. The van der Waals surface area contributed by atoms with E-state index in [0.29, 0.717) is 11.2 Å². The van der Waals surface area contributed by atoms with E-state index in [9.17, 15) is 0 Å². The van der Waals surface area contributed by atoms with Crippen LogP contribution in [0.15, 0.2) is 40.9 Å². The standard InChI is InChI=1S/C15H11BrClN3/c16-12-7-8-13(11-4-2-1-3-10(11)12)20-14(9-5-6-9)18-19-15(20)17/h1-4,7-9H,5-6H2. The summed E-state index contributed by atoms with van der Waals surface area (Å²) < 4.78 is 3.06. The van der Waals surface area contributed by atoms with Gasteiger partial charge < -0.3 is 0 Å². The molecule has 0 bridgehead atoms. The van der Waals surface area contributed by atoms with Crippen LogP contribution in [0.5, 0.6) is 0 Å². The second kappa shape index (κ2) is 4.57. The van der Waals surface area contributed by atoms with Crippen LogP contribution in [0.25, 0.3) is 16.5 Å². The monoisotopic (exact) mass is 347 g/mol. The van der Waals surface area contributed by atoms with Crippen LogP contribution < -0.4 is 0 Å². The zero-order valence-electron chi connectivity index (χ0n) is 10.6. The van der Waals surface area contributed by atoms with Gasteiger partial charge in [-0.25, -0.2) is 0 Å². The molecule has 3 nitrogen and oxygen atoms in total. The van der Waals surface area contributed by atoms with Crippen LogP contribution in [-0.2, 0) is 0 Å². The summed E-state index contributed by atoms with van der Waals surface area (Å²) in [5.74, 6) is 1.47. The molecule has 0 unspecified atom stereocenters. The van der Waals surface area contributed by atoms with Gasteiger partial charge in [-0.1, -0.05) is 40.2 Å². The molecule has 0 saturated heterocycles. The molecule has 20 heavy (non-hydrogen) atoms. The molecule has 5 heteroatoms. The van der Waals surface area contributed by atoms with Gasteiger partial charge in [0.05, 0.1) is 5.69 Å². The van der Waals surface area contributed by atoms with Gasteiger partial charge in [0.25, 0.3) is 0 Å². The minimum atomic E-state index is 0.430. The SMILES string of the molecule is Clc1nnc(C2CC2)n1-c1ccc(Br)c2ccccc12. The van der Waals surface area contributed by atoms with E-state index >= 15 is 0 Å². The van der Waals surface area contributed by atoms with Crippen LogP contribution in [0, 0.1) is 0 Å². The van der Waals surface area contributed by atoms with Crippen LogP contribution in [0.3, 0.4) is 0 Å². The molecule has 0 aliphatic heterocycles. The van der Waals surface area contributed by atoms with Crippen LogP contribution in [0.2, 0.25) is 5.28 Å². The van der Waals surface area contributed by atoms with E-state index in [4.69, 9.17) is 11.6 Å². The first-order valence-corrected chi connectivity index (χ1v) is 7.71. The van der Waals surface area contributed by atoms with E-state index < -0.39 is 0 Å². The van der Waals surface area contributed by atoms with E-state index in [0.717, 1.165) is 26.8 Å². The Morgan fingerprint density at radius 3 is 2.55 bits per heavy atom. The molecule has 0 amide bonds. The Balaban J connectivity index is 2.04. The average Bonchev–Trinajstić information content (AvgIpc) is 3.24. The molecule has 0 radical (unpaired) electrons. The highest BCUT2D eigenvalue weighted by molar-refractivity contribution is 9.10. The number of halogens is 2. The molecule has 1 aliphatic carbocycles. The van der Waals surface area contributed by atoms with Gasteiger partial charge in [-0.15, -0.1) is 10.2 Å². The maximum atomic E-state index is 6.27. The zero-order chi connectivity index (χ0) is 13.7.